The molecule has 1 amide bonds. The van der Waals surface area contributed by atoms with Gasteiger partial charge in [-0.1, -0.05) is 77.9 Å². The zero-order valence-electron chi connectivity index (χ0n) is 33.8. The van der Waals surface area contributed by atoms with Crippen molar-refractivity contribution in [3.05, 3.63) is 164 Å². The van der Waals surface area contributed by atoms with Crippen LogP contribution in [-0.2, 0) is 28.2 Å². The zero-order valence-corrected chi connectivity index (χ0v) is 38.6. The highest BCUT2D eigenvalue weighted by molar-refractivity contribution is 8.24. The van der Waals surface area contributed by atoms with Gasteiger partial charge in [-0.15, -0.1) is 22.7 Å². The molecule has 60 heavy (non-hydrogen) atoms. The number of halogens is 7. The molecule has 1 aliphatic heterocycles. The van der Waals surface area contributed by atoms with Crippen molar-refractivity contribution in [3.8, 4) is 20.9 Å². The molecule has 1 aliphatic rings. The highest BCUT2D eigenvalue weighted by atomic mass is 36.0. The molecule has 0 saturated carbocycles. The SMILES string of the molecule is CC(C)(C)c1ccc(C(=O)NCCc2ccc(-c3ccc(F)cc3F)s2)cc1.CC(C)(C)c1ccc(C2=NCCc3sc(-c4ccc(F)cc4F)cc32)cc1.O=P(Cl)(Cl)Cl. The van der Waals surface area contributed by atoms with E-state index in [9.17, 15) is 26.9 Å². The van der Waals surface area contributed by atoms with Gasteiger partial charge in [0.15, 0.2) is 0 Å². The fraction of sp³-hybridized carbons (Fsp3) is 0.261. The molecule has 6 aromatic rings. The minimum Gasteiger partial charge on any atom is -0.352 e. The normalized spacial score (nSPS) is 12.7. The lowest BCUT2D eigenvalue weighted by atomic mass is 9.86. The van der Waals surface area contributed by atoms with Crippen LogP contribution in [0.15, 0.2) is 108 Å². The summed E-state index contributed by atoms with van der Waals surface area (Å²) in [6, 6.07) is 29.3. The van der Waals surface area contributed by atoms with Crippen molar-refractivity contribution in [1.82, 2.24) is 5.32 Å². The van der Waals surface area contributed by atoms with Gasteiger partial charge in [0.1, 0.15) is 23.3 Å². The largest absolute Gasteiger partial charge is 0.352 e. The summed E-state index contributed by atoms with van der Waals surface area (Å²) < 4.78 is 63.9. The van der Waals surface area contributed by atoms with E-state index < -0.39 is 28.5 Å². The Hall–Kier alpha value is -3.76. The molecule has 4 aromatic carbocycles. The van der Waals surface area contributed by atoms with Gasteiger partial charge in [0.05, 0.1) is 5.71 Å². The minimum absolute atomic E-state index is 0.0515. The van der Waals surface area contributed by atoms with Gasteiger partial charge < -0.3 is 5.32 Å². The van der Waals surface area contributed by atoms with Crippen LogP contribution in [0.4, 0.5) is 17.6 Å². The Morgan fingerprint density at radius 2 is 1.20 bits per heavy atom. The van der Waals surface area contributed by atoms with Gasteiger partial charge in [-0.25, -0.2) is 17.6 Å². The van der Waals surface area contributed by atoms with Crippen LogP contribution in [-0.4, -0.2) is 24.7 Å². The highest BCUT2D eigenvalue weighted by Gasteiger charge is 2.22. The molecule has 0 aliphatic carbocycles. The van der Waals surface area contributed by atoms with Crippen LogP contribution in [0.5, 0.6) is 0 Å². The standard InChI is InChI=1S/C23H23F2NOS.C23H21F2NS.Cl3OP/c1-23(2,3)16-6-4-15(5-7-16)22(27)26-13-12-18-9-11-21(28-18)19-10-8-17(24)14-20(19)25;1-23(2,3)15-6-4-14(5-7-15)22-18-13-21(27-20(18)10-11-26-22)17-9-8-16(24)12-19(17)25;1-5(2,3)4/h4-11,14H,12-13H2,1-3H3,(H,26,27);4-9,12-13H,10-11H2,1-3H3;. The molecule has 0 unspecified atom stereocenters. The van der Waals surface area contributed by atoms with Gasteiger partial charge in [-0.3, -0.25) is 14.4 Å². The molecular formula is C46H44Cl3F4N2O2PS2. The van der Waals surface area contributed by atoms with Crippen LogP contribution < -0.4 is 5.32 Å². The first-order valence-electron chi connectivity index (χ1n) is 18.9. The molecule has 0 spiro atoms. The van der Waals surface area contributed by atoms with Gasteiger partial charge in [0.25, 0.3) is 5.91 Å². The summed E-state index contributed by atoms with van der Waals surface area (Å²) in [5.41, 5.74) is 7.18. The molecule has 0 saturated heterocycles. The lowest BCUT2D eigenvalue weighted by Crippen LogP contribution is -2.25. The summed E-state index contributed by atoms with van der Waals surface area (Å²) in [5.74, 6) is -2.35. The first kappa shape index (κ1) is 47.3. The van der Waals surface area contributed by atoms with Crippen molar-refractivity contribution in [2.75, 3.05) is 13.1 Å². The number of nitrogens with zero attached hydrogens (tertiary/aromatic N) is 1. The van der Waals surface area contributed by atoms with Crippen molar-refractivity contribution < 1.29 is 26.9 Å². The van der Waals surface area contributed by atoms with Crippen molar-refractivity contribution in [2.24, 2.45) is 4.99 Å². The third-order valence-corrected chi connectivity index (χ3v) is 11.8. The van der Waals surface area contributed by atoms with Crippen molar-refractivity contribution in [1.29, 1.82) is 0 Å². The van der Waals surface area contributed by atoms with Crippen LogP contribution in [0, 0.1) is 23.3 Å². The van der Waals surface area contributed by atoms with Gasteiger partial charge >= 0.3 is 5.20 Å². The number of rotatable bonds is 7. The quantitative estimate of drug-likeness (QED) is 0.128. The van der Waals surface area contributed by atoms with E-state index in [0.29, 0.717) is 29.7 Å². The Morgan fingerprint density at radius 3 is 1.72 bits per heavy atom. The smallest absolute Gasteiger partial charge is 0.339 e. The van der Waals surface area contributed by atoms with E-state index in [1.807, 2.05) is 42.5 Å². The second kappa shape index (κ2) is 20.0. The first-order valence-corrected chi connectivity index (χ1v) is 25.0. The zero-order chi connectivity index (χ0) is 44.0. The van der Waals surface area contributed by atoms with Crippen LogP contribution in [0.25, 0.3) is 20.9 Å². The summed E-state index contributed by atoms with van der Waals surface area (Å²) in [4.78, 5) is 20.9. The average molecular weight is 934 g/mol. The minimum atomic E-state index is -3.22. The Morgan fingerprint density at radius 1 is 0.683 bits per heavy atom. The van der Waals surface area contributed by atoms with Gasteiger partial charge in [0.2, 0.25) is 0 Å². The van der Waals surface area contributed by atoms with Crippen LogP contribution >= 0.6 is 61.6 Å². The summed E-state index contributed by atoms with van der Waals surface area (Å²) in [6.45, 7) is 14.2. The maximum absolute atomic E-state index is 14.2. The number of hydrogen-bond donors (Lipinski definition) is 1. The number of carbonyl (C=O) groups is 1. The van der Waals surface area contributed by atoms with E-state index >= 15 is 0 Å². The molecule has 0 bridgehead atoms. The lowest BCUT2D eigenvalue weighted by Gasteiger charge is -2.20. The summed E-state index contributed by atoms with van der Waals surface area (Å²) in [7, 11) is 0. The van der Waals surface area contributed by atoms with E-state index in [-0.39, 0.29) is 16.7 Å². The highest BCUT2D eigenvalue weighted by Crippen LogP contribution is 2.61. The molecule has 7 rings (SSSR count). The number of benzene rings is 4. The van der Waals surface area contributed by atoms with Crippen LogP contribution in [0.1, 0.15) is 83.9 Å². The Kier molecular flexibility index (Phi) is 15.7. The topological polar surface area (TPSA) is 58.5 Å². The molecule has 0 atom stereocenters. The summed E-state index contributed by atoms with van der Waals surface area (Å²) >= 11 is 16.9. The predicted molar refractivity (Wildman–Crippen MR) is 245 cm³/mol. The number of fused-ring (bicyclic) bond motifs is 1. The third kappa shape index (κ3) is 13.4. The molecule has 0 radical (unpaired) electrons. The number of hydrogen-bond acceptors (Lipinski definition) is 5. The molecule has 1 N–H and O–H groups in total. The van der Waals surface area contributed by atoms with E-state index in [4.69, 9.17) is 4.99 Å². The summed E-state index contributed by atoms with van der Waals surface area (Å²) in [5, 5.41) is -0.305. The Bertz CT molecular complexity index is 2510. The molecule has 2 aromatic heterocycles. The number of nitrogens with one attached hydrogen (secondary N) is 1. The average Bonchev–Trinajstić information content (AvgIpc) is 3.81. The number of aliphatic imine (C=N–C) groups is 1. The maximum Gasteiger partial charge on any atom is 0.339 e. The summed E-state index contributed by atoms with van der Waals surface area (Å²) in [6.07, 6.45) is 1.51. The van der Waals surface area contributed by atoms with Gasteiger partial charge in [-0.2, -0.15) is 0 Å². The van der Waals surface area contributed by atoms with Gasteiger partial charge in [-0.05, 0) is 117 Å². The predicted octanol–water partition coefficient (Wildman–Crippen LogP) is 15.2. The van der Waals surface area contributed by atoms with Crippen molar-refractivity contribution in [3.63, 3.8) is 0 Å². The van der Waals surface area contributed by atoms with E-state index in [1.165, 1.54) is 51.6 Å². The van der Waals surface area contributed by atoms with Crippen molar-refractivity contribution >= 4 is 73.2 Å². The second-order valence-corrected chi connectivity index (χ2v) is 24.9. The molecule has 4 nitrogen and oxygen atoms in total. The monoisotopic (exact) mass is 932 g/mol. The Labute approximate surface area is 371 Å². The van der Waals surface area contributed by atoms with E-state index in [0.717, 1.165) is 56.6 Å². The van der Waals surface area contributed by atoms with Crippen LogP contribution in [0.3, 0.4) is 0 Å². The van der Waals surface area contributed by atoms with Crippen molar-refractivity contribution in [2.45, 2.75) is 65.2 Å². The van der Waals surface area contributed by atoms with Crippen LogP contribution in [0.2, 0.25) is 0 Å². The molecular weight excluding hydrogens is 890 g/mol. The molecule has 14 heteroatoms. The fourth-order valence-corrected chi connectivity index (χ4v) is 8.45. The molecule has 316 valence electrons. The number of thiophene rings is 2. The lowest BCUT2D eigenvalue weighted by molar-refractivity contribution is 0.0954. The van der Waals surface area contributed by atoms with E-state index in [2.05, 4.69) is 105 Å². The maximum atomic E-state index is 14.2. The van der Waals surface area contributed by atoms with E-state index in [1.54, 1.807) is 11.3 Å². The second-order valence-electron chi connectivity index (χ2n) is 16.0. The molecule has 3 heterocycles. The first-order chi connectivity index (χ1) is 28.1. The fourth-order valence-electron chi connectivity index (χ4n) is 6.24. The number of amides is 1. The Balaban J connectivity index is 0.000000205. The number of carbonyl (C=O) groups excluding carboxylic acids is 1. The molecule has 0 fully saturated rings. The van der Waals surface area contributed by atoms with Gasteiger partial charge in [0, 0.05) is 79.0 Å². The third-order valence-electron chi connectivity index (χ3n) is 9.42.